The van der Waals surface area contributed by atoms with Crippen molar-refractivity contribution < 1.29 is 198 Å². The third kappa shape index (κ3) is 14.9. The van der Waals surface area contributed by atoms with Crippen molar-refractivity contribution in [3.8, 4) is 11.1 Å². The molecule has 45 heteroatoms. The molecule has 0 heterocycles. The fourth-order valence-corrected chi connectivity index (χ4v) is 17.1. The summed E-state index contributed by atoms with van der Waals surface area (Å²) in [6.45, 7) is 0. The van der Waals surface area contributed by atoms with Crippen LogP contribution in [-0.4, -0.2) is 12.3 Å². The van der Waals surface area contributed by atoms with E-state index in [9.17, 15) is 105 Å². The highest BCUT2D eigenvalue weighted by Crippen LogP contribution is 2.39. The minimum atomic E-state index is -7.22. The maximum atomic E-state index is 15.4. The van der Waals surface area contributed by atoms with Crippen LogP contribution in [0.4, 0.5) is 176 Å². The van der Waals surface area contributed by atoms with Crippen molar-refractivity contribution in [2.24, 2.45) is 0 Å². The molecule has 13 aromatic carbocycles. The number of benzene rings is 13. The zero-order chi connectivity index (χ0) is 91.2. The van der Waals surface area contributed by atoms with E-state index in [0.29, 0.717) is 0 Å². The quantitative estimate of drug-likeness (QED) is 0.0261. The van der Waals surface area contributed by atoms with E-state index in [1.54, 1.807) is 0 Å². The first-order chi connectivity index (χ1) is 57.7. The van der Waals surface area contributed by atoms with Gasteiger partial charge in [-0.15, -0.1) is 43.7 Å². The molecule has 640 valence electrons. The van der Waals surface area contributed by atoms with E-state index in [1.165, 1.54) is 39.2 Å². The Morgan fingerprint density at radius 1 is 0.171 bits per heavy atom. The lowest BCUT2D eigenvalue weighted by molar-refractivity contribution is -0.326. The minimum Gasteiger partial charge on any atom is -0.207 e. The van der Waals surface area contributed by atoms with E-state index >= 15 is 70.2 Å². The molecule has 0 unspecified atom stereocenters. The lowest BCUT2D eigenvalue weighted by Crippen LogP contribution is -3.34. The summed E-state index contributed by atoms with van der Waals surface area (Å²) in [5, 5.41) is 0. The van der Waals surface area contributed by atoms with E-state index in [4.69, 9.17) is 0 Å². The van der Waals surface area contributed by atoms with Crippen molar-refractivity contribution in [2.75, 3.05) is 0 Å². The number of hydrogen-bond acceptors (Lipinski definition) is 1. The molecule has 0 fully saturated rings. The van der Waals surface area contributed by atoms with Gasteiger partial charge < -0.3 is 0 Å². The van der Waals surface area contributed by atoms with E-state index in [2.05, 4.69) is 156 Å². The summed E-state index contributed by atoms with van der Waals surface area (Å²) < 4.78 is 589. The summed E-state index contributed by atoms with van der Waals surface area (Å²) in [6, 6.07) is 48.1. The second-order valence-electron chi connectivity index (χ2n) is 25.1. The second-order valence-corrected chi connectivity index (χ2v) is 29.6. The molecule has 0 amide bonds. The zero-order valence-electron chi connectivity index (χ0n) is 58.2. The summed E-state index contributed by atoms with van der Waals surface area (Å²) in [6.07, 6.45) is -14.4. The van der Waals surface area contributed by atoms with Gasteiger partial charge in [0.05, 0.1) is 10.9 Å². The van der Waals surface area contributed by atoms with Gasteiger partial charge in [-0.2, -0.15) is 0 Å². The standard InChI is InChI=1S/C30H23IS2.2C24BF20/c31-30-14-8-7-13-29(30)23-15-17-24(18-16-23)32-25-19-21-28(22-20-25)33(26-9-3-1-4-10-26)27-11-5-2-6-12-27;2*26-5-1(6(27)14(35)21(42)13(5)34)25(2-7(28)15(36)22(43)16(37)8(2)29,3-9(30)17(38)23(44)18(39)10(3)31)4-11(32)19(40)24(45)20(41)12(4)33/h1-22,31H;;/q+2;2*-1. The average molecular weight is 1930 g/mol. The Hall–Kier alpha value is -11.4. The molecule has 0 radical (unpaired) electrons. The van der Waals surface area contributed by atoms with E-state index in [0.717, 1.165) is 0 Å². The summed E-state index contributed by atoms with van der Waals surface area (Å²) >= 11 is 3.90. The molecule has 0 aliphatic carbocycles. The molecule has 0 aliphatic heterocycles. The van der Waals surface area contributed by atoms with E-state index in [-0.39, 0.29) is 10.9 Å². The van der Waals surface area contributed by atoms with Gasteiger partial charge in [0.2, 0.25) is 0 Å². The normalized spacial score (nSPS) is 11.7. The third-order valence-electron chi connectivity index (χ3n) is 18.7. The van der Waals surface area contributed by atoms with E-state index < -0.39 is 289 Å². The monoisotopic (exact) mass is 1930 g/mol. The van der Waals surface area contributed by atoms with Gasteiger partial charge in [-0.1, -0.05) is 72.4 Å². The highest BCUT2D eigenvalue weighted by Gasteiger charge is 2.55. The number of rotatable bonds is 14. The molecule has 0 aromatic heterocycles. The molecule has 0 atom stereocenters. The van der Waals surface area contributed by atoms with Crippen LogP contribution in [-0.2, 0) is 10.9 Å². The first-order valence-electron chi connectivity index (χ1n) is 32.6. The highest BCUT2D eigenvalue weighted by molar-refractivity contribution is 7.99. The van der Waals surface area contributed by atoms with Crippen molar-refractivity contribution in [3.05, 3.63) is 370 Å². The average Bonchev–Trinajstić information content (AvgIpc) is 0.684. The van der Waals surface area contributed by atoms with E-state index in [1.807, 2.05) is 11.8 Å². The van der Waals surface area contributed by atoms with Gasteiger partial charge in [-0.3, -0.25) is 0 Å². The molecule has 0 bridgehead atoms. The Bertz CT molecular complexity index is 5380. The molecule has 0 saturated heterocycles. The van der Waals surface area contributed by atoms with Crippen LogP contribution in [0, 0.1) is 236 Å². The summed E-state index contributed by atoms with van der Waals surface area (Å²) in [7, 11) is -0.105. The second kappa shape index (κ2) is 35.1. The fraction of sp³-hybridized carbons (Fsp3) is 0. The Balaban J connectivity index is 0.000000182. The van der Waals surface area contributed by atoms with Crippen LogP contribution >= 0.6 is 11.8 Å². The molecule has 0 aliphatic rings. The molecule has 0 N–H and O–H groups in total. The first kappa shape index (κ1) is 92.3. The molecule has 13 rings (SSSR count). The summed E-state index contributed by atoms with van der Waals surface area (Å²) in [5.74, 6) is -143. The smallest absolute Gasteiger partial charge is 0.207 e. The van der Waals surface area contributed by atoms with Crippen LogP contribution in [0.15, 0.2) is 158 Å². The topological polar surface area (TPSA) is 0 Å². The molecule has 0 nitrogen and oxygen atoms in total. The first-order valence-corrected chi connectivity index (χ1v) is 35.8. The summed E-state index contributed by atoms with van der Waals surface area (Å²) in [5.41, 5.74) is -26.1. The Morgan fingerprint density at radius 3 is 0.512 bits per heavy atom. The molecule has 13 aromatic rings. The van der Waals surface area contributed by atoms with Crippen LogP contribution in [0.2, 0.25) is 0 Å². The van der Waals surface area contributed by atoms with Crippen LogP contribution in [0.1, 0.15) is 0 Å². The largest absolute Gasteiger partial charge is 0.297 e. The summed E-state index contributed by atoms with van der Waals surface area (Å²) in [4.78, 5) is 6.54. The lowest BCUT2D eigenvalue weighted by Gasteiger charge is -2.44. The lowest BCUT2D eigenvalue weighted by atomic mass is 9.12. The van der Waals surface area contributed by atoms with Gasteiger partial charge in [0.15, 0.2) is 158 Å². The van der Waals surface area contributed by atoms with Crippen molar-refractivity contribution in [1.82, 2.24) is 0 Å². The predicted octanol–water partition coefficient (Wildman–Crippen LogP) is 16.7. The Kier molecular flexibility index (Phi) is 26.3. The van der Waals surface area contributed by atoms with Crippen LogP contribution in [0.3, 0.4) is 0 Å². The Labute approximate surface area is 679 Å². The van der Waals surface area contributed by atoms with Crippen molar-refractivity contribution in [2.45, 2.75) is 24.5 Å². The zero-order valence-corrected chi connectivity index (χ0v) is 62.2. The number of hydrogen-bond donors (Lipinski definition) is 0. The molecule has 0 saturated carbocycles. The third-order valence-corrected chi connectivity index (χ3v) is 23.0. The molecular weight excluding hydrogens is 1910 g/mol. The van der Waals surface area contributed by atoms with Crippen LogP contribution in [0.25, 0.3) is 11.1 Å². The maximum Gasteiger partial charge on any atom is 0.297 e. The van der Waals surface area contributed by atoms with Crippen molar-refractivity contribution in [3.63, 3.8) is 0 Å². The van der Waals surface area contributed by atoms with Crippen molar-refractivity contribution in [1.29, 1.82) is 0 Å². The molecule has 0 spiro atoms. The SMILES string of the molecule is Fc1c(F)c(F)c([B-](c2c(F)c(F)c(F)c(F)c2F)(c2c(F)c(F)c(F)c(F)c2F)c2c(F)c(F)c(F)c(F)c2F)c(F)c1F.Fc1c(F)c(F)c([B-](c2c(F)c(F)c(F)c(F)c2F)(c2c(F)c(F)c(F)c(F)c2F)c2c(F)c(F)c(F)c(F)c2F)c(F)c1F.[IH+]c1ccccc1-c1ccc(Sc2ccc([S+](c3ccccc3)c3ccccc3)cc2)cc1. The fourth-order valence-electron chi connectivity index (χ4n) is 13.5. The van der Waals surface area contributed by atoms with Gasteiger partial charge >= 0.3 is 0 Å². The van der Waals surface area contributed by atoms with Crippen LogP contribution < -0.4 is 66.3 Å². The van der Waals surface area contributed by atoms with Gasteiger partial charge in [-0.25, -0.2) is 176 Å². The van der Waals surface area contributed by atoms with Gasteiger partial charge in [-0.05, 0) is 78.4 Å². The minimum absolute atomic E-state index is 0.105. The highest BCUT2D eigenvalue weighted by atomic mass is 127. The molecule has 123 heavy (non-hydrogen) atoms. The van der Waals surface area contributed by atoms with Gasteiger partial charge in [0.25, 0.3) is 22.6 Å². The number of halogens is 41. The predicted molar refractivity (Wildman–Crippen MR) is 356 cm³/mol. The Morgan fingerprint density at radius 2 is 0.325 bits per heavy atom. The van der Waals surface area contributed by atoms with Crippen molar-refractivity contribution >= 4 is 78.7 Å². The van der Waals surface area contributed by atoms with Crippen LogP contribution in [0.5, 0.6) is 0 Å². The molecular formula is C78H23B2F40IS2. The van der Waals surface area contributed by atoms with Gasteiger partial charge in [0.1, 0.15) is 105 Å². The maximum absolute atomic E-state index is 15.4. The van der Waals surface area contributed by atoms with Gasteiger partial charge in [0, 0.05) is 15.4 Å².